The van der Waals surface area contributed by atoms with Crippen LogP contribution in [0.25, 0.3) is 6.08 Å². The van der Waals surface area contributed by atoms with Gasteiger partial charge in [0, 0.05) is 6.07 Å². The lowest BCUT2D eigenvalue weighted by atomic mass is 10.1. The molecular formula is C25H21FO6. The molecule has 0 atom stereocenters. The number of allylic oxidation sites excluding steroid dienone is 1. The second kappa shape index (κ2) is 10.3. The van der Waals surface area contributed by atoms with Gasteiger partial charge in [-0.15, -0.1) is 0 Å². The Hall–Kier alpha value is -4.13. The van der Waals surface area contributed by atoms with Gasteiger partial charge in [0.1, 0.15) is 17.3 Å². The first-order valence-electron chi connectivity index (χ1n) is 9.55. The van der Waals surface area contributed by atoms with Crippen molar-refractivity contribution < 1.29 is 32.9 Å². The van der Waals surface area contributed by atoms with Crippen molar-refractivity contribution in [3.8, 4) is 23.0 Å². The summed E-state index contributed by atoms with van der Waals surface area (Å²) in [4.78, 5) is 25.5. The summed E-state index contributed by atoms with van der Waals surface area (Å²) in [5.41, 5.74) is 1.03. The standard InChI is InChI=1S/C25H21FO6/c1-29-19-10-11-20(21(27)12-6-16-4-8-18(26)9-5-16)23(15-19)32-25(28)17-7-13-22(30-2)24(14-17)31-3/h4-15H,1-3H3. The molecule has 0 aliphatic rings. The van der Waals surface area contributed by atoms with Crippen molar-refractivity contribution in [2.75, 3.05) is 21.3 Å². The van der Waals surface area contributed by atoms with Gasteiger partial charge in [-0.25, -0.2) is 9.18 Å². The maximum atomic E-state index is 13.1. The van der Waals surface area contributed by atoms with Crippen molar-refractivity contribution in [2.24, 2.45) is 0 Å². The second-order valence-electron chi connectivity index (χ2n) is 6.57. The van der Waals surface area contributed by atoms with Crippen LogP contribution in [-0.4, -0.2) is 33.1 Å². The topological polar surface area (TPSA) is 71.1 Å². The molecule has 0 saturated carbocycles. The minimum Gasteiger partial charge on any atom is -0.497 e. The number of rotatable bonds is 8. The van der Waals surface area contributed by atoms with E-state index in [1.807, 2.05) is 0 Å². The molecule has 6 nitrogen and oxygen atoms in total. The summed E-state index contributed by atoms with van der Waals surface area (Å²) in [6, 6.07) is 14.8. The first kappa shape index (κ1) is 22.6. The Morgan fingerprint density at radius 1 is 0.781 bits per heavy atom. The lowest BCUT2D eigenvalue weighted by molar-refractivity contribution is 0.0732. The number of carbonyl (C=O) groups excluding carboxylic acids is 2. The molecular weight excluding hydrogens is 415 g/mol. The Morgan fingerprint density at radius 2 is 1.50 bits per heavy atom. The fraction of sp³-hybridized carbons (Fsp3) is 0.120. The van der Waals surface area contributed by atoms with Crippen molar-refractivity contribution in [2.45, 2.75) is 0 Å². The molecule has 0 aliphatic heterocycles. The quantitative estimate of drug-likeness (QED) is 0.215. The first-order chi connectivity index (χ1) is 15.4. The normalized spacial score (nSPS) is 10.6. The third kappa shape index (κ3) is 5.31. The Labute approximate surface area is 184 Å². The van der Waals surface area contributed by atoms with E-state index in [1.54, 1.807) is 30.3 Å². The van der Waals surface area contributed by atoms with E-state index in [0.29, 0.717) is 22.8 Å². The molecule has 0 spiro atoms. The number of ether oxygens (including phenoxy) is 4. The largest absolute Gasteiger partial charge is 0.497 e. The van der Waals surface area contributed by atoms with Crippen LogP contribution in [0.15, 0.2) is 66.7 Å². The third-order valence-electron chi connectivity index (χ3n) is 4.57. The van der Waals surface area contributed by atoms with Crippen LogP contribution in [-0.2, 0) is 0 Å². The smallest absolute Gasteiger partial charge is 0.343 e. The summed E-state index contributed by atoms with van der Waals surface area (Å²) in [5, 5.41) is 0. The number of esters is 1. The Kier molecular flexibility index (Phi) is 7.23. The van der Waals surface area contributed by atoms with Crippen LogP contribution >= 0.6 is 0 Å². The van der Waals surface area contributed by atoms with E-state index < -0.39 is 11.8 Å². The first-order valence-corrected chi connectivity index (χ1v) is 9.55. The molecule has 0 fully saturated rings. The average molecular weight is 436 g/mol. The average Bonchev–Trinajstić information content (AvgIpc) is 2.82. The van der Waals surface area contributed by atoms with E-state index in [2.05, 4.69) is 0 Å². The zero-order valence-corrected chi connectivity index (χ0v) is 17.8. The molecule has 7 heteroatoms. The number of ketones is 1. The van der Waals surface area contributed by atoms with Crippen LogP contribution < -0.4 is 18.9 Å². The molecule has 0 unspecified atom stereocenters. The van der Waals surface area contributed by atoms with Crippen LogP contribution in [0, 0.1) is 5.82 Å². The molecule has 0 aliphatic carbocycles. The summed E-state index contributed by atoms with van der Waals surface area (Å²) in [5.74, 6) is -0.161. The predicted octanol–water partition coefficient (Wildman–Crippen LogP) is 4.97. The number of benzene rings is 3. The van der Waals surface area contributed by atoms with Crippen LogP contribution in [0.2, 0.25) is 0 Å². The van der Waals surface area contributed by atoms with E-state index in [4.69, 9.17) is 18.9 Å². The summed E-state index contributed by atoms with van der Waals surface area (Å²) < 4.78 is 34.2. The number of hydrogen-bond acceptors (Lipinski definition) is 6. The molecule has 3 aromatic rings. The van der Waals surface area contributed by atoms with Crippen molar-refractivity contribution in [3.63, 3.8) is 0 Å². The third-order valence-corrected chi connectivity index (χ3v) is 4.57. The Balaban J connectivity index is 1.88. The molecule has 3 aromatic carbocycles. The lowest BCUT2D eigenvalue weighted by Crippen LogP contribution is -2.11. The van der Waals surface area contributed by atoms with Crippen molar-refractivity contribution in [1.82, 2.24) is 0 Å². The van der Waals surface area contributed by atoms with E-state index in [-0.39, 0.29) is 22.7 Å². The van der Waals surface area contributed by atoms with Gasteiger partial charge < -0.3 is 18.9 Å². The van der Waals surface area contributed by atoms with Crippen LogP contribution in [0.4, 0.5) is 4.39 Å². The molecule has 3 rings (SSSR count). The molecule has 0 amide bonds. The van der Waals surface area contributed by atoms with Crippen LogP contribution in [0.3, 0.4) is 0 Å². The fourth-order valence-electron chi connectivity index (χ4n) is 2.88. The van der Waals surface area contributed by atoms with E-state index in [9.17, 15) is 14.0 Å². The van der Waals surface area contributed by atoms with Crippen molar-refractivity contribution in [1.29, 1.82) is 0 Å². The van der Waals surface area contributed by atoms with Gasteiger partial charge in [0.2, 0.25) is 0 Å². The zero-order valence-electron chi connectivity index (χ0n) is 17.8. The minimum absolute atomic E-state index is 0.0397. The maximum absolute atomic E-state index is 13.1. The zero-order chi connectivity index (χ0) is 23.1. The molecule has 32 heavy (non-hydrogen) atoms. The highest BCUT2D eigenvalue weighted by Crippen LogP contribution is 2.30. The van der Waals surface area contributed by atoms with Gasteiger partial charge in [-0.2, -0.15) is 0 Å². The van der Waals surface area contributed by atoms with Gasteiger partial charge >= 0.3 is 5.97 Å². The van der Waals surface area contributed by atoms with E-state index in [1.165, 1.54) is 63.8 Å². The summed E-state index contributed by atoms with van der Waals surface area (Å²) >= 11 is 0. The van der Waals surface area contributed by atoms with Crippen molar-refractivity contribution >= 4 is 17.8 Å². The van der Waals surface area contributed by atoms with Gasteiger partial charge in [-0.05, 0) is 54.1 Å². The SMILES string of the molecule is COc1ccc(C(=O)C=Cc2ccc(F)cc2)c(OC(=O)c2ccc(OC)c(OC)c2)c1. The summed E-state index contributed by atoms with van der Waals surface area (Å²) in [6.07, 6.45) is 2.87. The summed E-state index contributed by atoms with van der Waals surface area (Å²) in [7, 11) is 4.41. The second-order valence-corrected chi connectivity index (χ2v) is 6.57. The maximum Gasteiger partial charge on any atom is 0.343 e. The van der Waals surface area contributed by atoms with Gasteiger partial charge in [0.15, 0.2) is 17.3 Å². The molecule has 0 aromatic heterocycles. The molecule has 0 N–H and O–H groups in total. The van der Waals surface area contributed by atoms with Gasteiger partial charge in [0.25, 0.3) is 0 Å². The number of halogens is 1. The molecule has 0 saturated heterocycles. The van der Waals surface area contributed by atoms with Gasteiger partial charge in [-0.1, -0.05) is 18.2 Å². The minimum atomic E-state index is -0.684. The number of methoxy groups -OCH3 is 3. The fourth-order valence-corrected chi connectivity index (χ4v) is 2.88. The van der Waals surface area contributed by atoms with E-state index >= 15 is 0 Å². The number of hydrogen-bond donors (Lipinski definition) is 0. The molecule has 164 valence electrons. The predicted molar refractivity (Wildman–Crippen MR) is 117 cm³/mol. The van der Waals surface area contributed by atoms with Crippen LogP contribution in [0.5, 0.6) is 23.0 Å². The molecule has 0 radical (unpaired) electrons. The van der Waals surface area contributed by atoms with E-state index in [0.717, 1.165) is 0 Å². The summed E-state index contributed by atoms with van der Waals surface area (Å²) in [6.45, 7) is 0. The highest BCUT2D eigenvalue weighted by atomic mass is 19.1. The van der Waals surface area contributed by atoms with Gasteiger partial charge in [0.05, 0.1) is 32.5 Å². The molecule has 0 heterocycles. The highest BCUT2D eigenvalue weighted by molar-refractivity contribution is 6.09. The van der Waals surface area contributed by atoms with Crippen molar-refractivity contribution in [3.05, 3.63) is 89.2 Å². The highest BCUT2D eigenvalue weighted by Gasteiger charge is 2.18. The monoisotopic (exact) mass is 436 g/mol. The van der Waals surface area contributed by atoms with Gasteiger partial charge in [-0.3, -0.25) is 4.79 Å². The number of carbonyl (C=O) groups is 2. The lowest BCUT2D eigenvalue weighted by Gasteiger charge is -2.12. The molecule has 0 bridgehead atoms. The Morgan fingerprint density at radius 3 is 2.16 bits per heavy atom. The van der Waals surface area contributed by atoms with Crippen LogP contribution in [0.1, 0.15) is 26.3 Å². The Bertz CT molecular complexity index is 1150.